The van der Waals surface area contributed by atoms with Gasteiger partial charge in [0.25, 0.3) is 0 Å². The van der Waals surface area contributed by atoms with Gasteiger partial charge in [-0.1, -0.05) is 13.0 Å². The van der Waals surface area contributed by atoms with E-state index in [-0.39, 0.29) is 0 Å². The van der Waals surface area contributed by atoms with Crippen molar-refractivity contribution in [1.29, 1.82) is 0 Å². The van der Waals surface area contributed by atoms with Crippen LogP contribution in [-0.4, -0.2) is 32.3 Å². The third-order valence-electron chi connectivity index (χ3n) is 3.94. The van der Waals surface area contributed by atoms with Crippen molar-refractivity contribution in [3.8, 4) is 17.1 Å². The Hall–Kier alpha value is -2.60. The van der Waals surface area contributed by atoms with E-state index in [0.717, 1.165) is 33.8 Å². The molecule has 0 radical (unpaired) electrons. The lowest BCUT2D eigenvalue weighted by atomic mass is 10.1. The number of imidazole rings is 1. The molecule has 0 unspecified atom stereocenters. The van der Waals surface area contributed by atoms with E-state index in [9.17, 15) is 0 Å². The van der Waals surface area contributed by atoms with Crippen molar-refractivity contribution >= 4 is 33.7 Å². The van der Waals surface area contributed by atoms with Gasteiger partial charge in [-0.15, -0.1) is 11.8 Å². The second kappa shape index (κ2) is 6.72. The van der Waals surface area contributed by atoms with Crippen LogP contribution in [0.4, 0.5) is 0 Å². The van der Waals surface area contributed by atoms with Crippen molar-refractivity contribution in [3.63, 3.8) is 0 Å². The van der Waals surface area contributed by atoms with E-state index in [1.807, 2.05) is 18.7 Å². The standard InChI is InChI=1S/C19H18N4OS/c1-3-24-17-9-12-5-6-14(25-4-2)7-13(12)8-15(17)18-22-16-10-20-11-21-19(16)23-18/h5-11H,3-4H2,1-2H3,(H,20,21,22,23). The van der Waals surface area contributed by atoms with Crippen LogP contribution >= 0.6 is 11.8 Å². The predicted octanol–water partition coefficient (Wildman–Crippen LogP) is 4.68. The fraction of sp³-hybridized carbons (Fsp3) is 0.211. The Morgan fingerprint density at radius 3 is 2.84 bits per heavy atom. The molecule has 0 atom stereocenters. The molecule has 2 aromatic carbocycles. The van der Waals surface area contributed by atoms with Gasteiger partial charge in [-0.05, 0) is 47.7 Å². The van der Waals surface area contributed by atoms with Crippen LogP contribution < -0.4 is 4.74 Å². The molecule has 5 nitrogen and oxygen atoms in total. The van der Waals surface area contributed by atoms with Crippen LogP contribution in [0.3, 0.4) is 0 Å². The van der Waals surface area contributed by atoms with Gasteiger partial charge >= 0.3 is 0 Å². The zero-order chi connectivity index (χ0) is 17.2. The molecule has 0 saturated heterocycles. The lowest BCUT2D eigenvalue weighted by Crippen LogP contribution is -1.95. The van der Waals surface area contributed by atoms with Crippen LogP contribution in [-0.2, 0) is 0 Å². The zero-order valence-electron chi connectivity index (χ0n) is 14.1. The lowest BCUT2D eigenvalue weighted by Gasteiger charge is -2.11. The maximum Gasteiger partial charge on any atom is 0.181 e. The van der Waals surface area contributed by atoms with Crippen molar-refractivity contribution in [2.75, 3.05) is 12.4 Å². The zero-order valence-corrected chi connectivity index (χ0v) is 14.9. The molecular formula is C19H18N4OS. The Bertz CT molecular complexity index is 1010. The molecule has 0 aliphatic carbocycles. The number of nitrogens with zero attached hydrogens (tertiary/aromatic N) is 3. The van der Waals surface area contributed by atoms with Gasteiger partial charge in [-0.2, -0.15) is 0 Å². The molecule has 2 aromatic heterocycles. The van der Waals surface area contributed by atoms with Crippen molar-refractivity contribution < 1.29 is 4.74 Å². The van der Waals surface area contributed by atoms with Gasteiger partial charge in [0.05, 0.1) is 18.4 Å². The highest BCUT2D eigenvalue weighted by atomic mass is 32.2. The summed E-state index contributed by atoms with van der Waals surface area (Å²) in [6, 6.07) is 10.7. The fourth-order valence-corrected chi connectivity index (χ4v) is 3.57. The Kier molecular flexibility index (Phi) is 4.28. The summed E-state index contributed by atoms with van der Waals surface area (Å²) in [5.74, 6) is 2.62. The van der Waals surface area contributed by atoms with Gasteiger partial charge < -0.3 is 9.72 Å². The number of thioether (sulfide) groups is 1. The monoisotopic (exact) mass is 350 g/mol. The van der Waals surface area contributed by atoms with E-state index in [0.29, 0.717) is 12.3 Å². The van der Waals surface area contributed by atoms with Gasteiger partial charge in [-0.25, -0.2) is 15.0 Å². The smallest absolute Gasteiger partial charge is 0.181 e. The normalized spacial score (nSPS) is 11.3. The van der Waals surface area contributed by atoms with E-state index in [1.54, 1.807) is 6.20 Å². The molecule has 1 N–H and O–H groups in total. The first kappa shape index (κ1) is 15.9. The second-order valence-corrected chi connectivity index (χ2v) is 6.91. The first-order chi connectivity index (χ1) is 12.3. The molecule has 2 heterocycles. The number of aromatic nitrogens is 4. The van der Waals surface area contributed by atoms with Crippen LogP contribution in [0.5, 0.6) is 5.75 Å². The Morgan fingerprint density at radius 1 is 1.12 bits per heavy atom. The molecule has 0 spiro atoms. The average molecular weight is 350 g/mol. The average Bonchev–Trinajstić information content (AvgIpc) is 3.06. The molecule has 0 amide bonds. The number of ether oxygens (including phenoxy) is 1. The first-order valence-electron chi connectivity index (χ1n) is 8.28. The van der Waals surface area contributed by atoms with Crippen molar-refractivity contribution in [2.45, 2.75) is 18.7 Å². The number of aromatic amines is 1. The molecule has 126 valence electrons. The predicted molar refractivity (Wildman–Crippen MR) is 102 cm³/mol. The molecule has 0 bridgehead atoms. The number of fused-ring (bicyclic) bond motifs is 2. The minimum absolute atomic E-state index is 0.600. The molecule has 4 rings (SSSR count). The fourth-order valence-electron chi connectivity index (χ4n) is 2.86. The highest BCUT2D eigenvalue weighted by Gasteiger charge is 2.13. The summed E-state index contributed by atoms with van der Waals surface area (Å²) in [6.07, 6.45) is 3.24. The number of hydrogen-bond donors (Lipinski definition) is 1. The second-order valence-electron chi connectivity index (χ2n) is 5.57. The molecule has 6 heteroatoms. The lowest BCUT2D eigenvalue weighted by molar-refractivity contribution is 0.342. The van der Waals surface area contributed by atoms with Crippen LogP contribution in [0.2, 0.25) is 0 Å². The highest BCUT2D eigenvalue weighted by Crippen LogP contribution is 2.35. The van der Waals surface area contributed by atoms with Gasteiger partial charge in [0.15, 0.2) is 5.65 Å². The number of H-pyrrole nitrogens is 1. The van der Waals surface area contributed by atoms with Gasteiger partial charge in [0.2, 0.25) is 0 Å². The van der Waals surface area contributed by atoms with Crippen molar-refractivity contribution in [3.05, 3.63) is 42.9 Å². The molecule has 0 aliphatic rings. The molecule has 0 aliphatic heterocycles. The maximum atomic E-state index is 5.87. The number of benzene rings is 2. The van der Waals surface area contributed by atoms with E-state index in [2.05, 4.69) is 57.2 Å². The van der Waals surface area contributed by atoms with E-state index < -0.39 is 0 Å². The largest absolute Gasteiger partial charge is 0.493 e. The van der Waals surface area contributed by atoms with Crippen LogP contribution in [0.15, 0.2) is 47.8 Å². The van der Waals surface area contributed by atoms with Gasteiger partial charge in [-0.3, -0.25) is 0 Å². The summed E-state index contributed by atoms with van der Waals surface area (Å²) in [5, 5.41) is 2.33. The van der Waals surface area contributed by atoms with Crippen LogP contribution in [0, 0.1) is 0 Å². The van der Waals surface area contributed by atoms with Crippen LogP contribution in [0.1, 0.15) is 13.8 Å². The Balaban J connectivity index is 1.90. The SMILES string of the molecule is CCOc1cc2ccc(SCC)cc2cc1-c1nc2ncncc2[nH]1. The molecule has 0 saturated carbocycles. The highest BCUT2D eigenvalue weighted by molar-refractivity contribution is 7.99. The van der Waals surface area contributed by atoms with Crippen molar-refractivity contribution in [1.82, 2.24) is 19.9 Å². The summed E-state index contributed by atoms with van der Waals surface area (Å²) in [5.41, 5.74) is 2.41. The summed E-state index contributed by atoms with van der Waals surface area (Å²) < 4.78 is 5.87. The van der Waals surface area contributed by atoms with E-state index in [1.165, 1.54) is 16.6 Å². The van der Waals surface area contributed by atoms with Gasteiger partial charge in [0, 0.05) is 4.90 Å². The van der Waals surface area contributed by atoms with E-state index >= 15 is 0 Å². The summed E-state index contributed by atoms with van der Waals surface area (Å²) in [7, 11) is 0. The number of nitrogens with one attached hydrogen (secondary N) is 1. The minimum Gasteiger partial charge on any atom is -0.493 e. The van der Waals surface area contributed by atoms with Gasteiger partial charge in [0.1, 0.15) is 23.4 Å². The quantitative estimate of drug-likeness (QED) is 0.529. The molecular weight excluding hydrogens is 332 g/mol. The molecule has 25 heavy (non-hydrogen) atoms. The first-order valence-corrected chi connectivity index (χ1v) is 9.26. The number of rotatable bonds is 5. The Morgan fingerprint density at radius 2 is 2.04 bits per heavy atom. The topological polar surface area (TPSA) is 63.7 Å². The van der Waals surface area contributed by atoms with Crippen molar-refractivity contribution in [2.24, 2.45) is 0 Å². The summed E-state index contributed by atoms with van der Waals surface area (Å²) in [6.45, 7) is 4.75. The van der Waals surface area contributed by atoms with E-state index in [4.69, 9.17) is 4.74 Å². The third-order valence-corrected chi connectivity index (χ3v) is 4.81. The Labute approximate surface area is 149 Å². The summed E-state index contributed by atoms with van der Waals surface area (Å²) in [4.78, 5) is 17.4. The molecule has 4 aromatic rings. The molecule has 0 fully saturated rings. The number of hydrogen-bond acceptors (Lipinski definition) is 5. The maximum absolute atomic E-state index is 5.87. The summed E-state index contributed by atoms with van der Waals surface area (Å²) >= 11 is 1.84. The van der Waals surface area contributed by atoms with Crippen LogP contribution in [0.25, 0.3) is 33.3 Å². The minimum atomic E-state index is 0.600. The third kappa shape index (κ3) is 3.05.